The first-order valence-electron chi connectivity index (χ1n) is 9.51. The molecular weight excluding hydrogens is 615 g/mol. The first kappa shape index (κ1) is 27.1. The van der Waals surface area contributed by atoms with Gasteiger partial charge in [-0.25, -0.2) is 26.4 Å². The zero-order valence-corrected chi connectivity index (χ0v) is 23.0. The van der Waals surface area contributed by atoms with Crippen molar-refractivity contribution in [3.63, 3.8) is 0 Å². The number of aryl methyl sites for hydroxylation is 2. The van der Waals surface area contributed by atoms with Gasteiger partial charge < -0.3 is 14.2 Å². The molecule has 5 heterocycles. The summed E-state index contributed by atoms with van der Waals surface area (Å²) in [5.41, 5.74) is 0.646. The van der Waals surface area contributed by atoms with E-state index in [1.54, 1.807) is 12.3 Å². The molecule has 0 fully saturated rings. The summed E-state index contributed by atoms with van der Waals surface area (Å²) in [5.74, 6) is -2.50. The van der Waals surface area contributed by atoms with Gasteiger partial charge in [-0.05, 0) is 36.7 Å². The number of nitrogens with one attached hydrogen (secondary N) is 1. The molecule has 0 spiro atoms. The standard InChI is InChI=1S/C9H7ClN2O5S2.C9H5ClN2O4S2/c1-4-6(10)8(17-11-4)12-19(15,16)5-2-3-18-7(5)9(13)14;1-4-6(10)9(16-11-4)12-8(13)7-5(2-3-17-7)18(12,14)15/h2-3,12H,1H3,(H,13,14);2-3H,1H3. The van der Waals surface area contributed by atoms with Crippen LogP contribution in [0.1, 0.15) is 30.7 Å². The summed E-state index contributed by atoms with van der Waals surface area (Å²) in [4.78, 5) is 22.4. The van der Waals surface area contributed by atoms with Crippen molar-refractivity contribution in [3.05, 3.63) is 54.1 Å². The third-order valence-corrected chi connectivity index (χ3v) is 10.6. The van der Waals surface area contributed by atoms with Crippen molar-refractivity contribution in [2.45, 2.75) is 23.6 Å². The van der Waals surface area contributed by atoms with Gasteiger partial charge in [-0.2, -0.15) is 4.31 Å². The fraction of sp³-hybridized carbons (Fsp3) is 0.111. The number of hydrogen-bond acceptors (Lipinski definition) is 12. The van der Waals surface area contributed by atoms with Crippen LogP contribution in [-0.4, -0.2) is 44.1 Å². The number of sulfonamides is 2. The highest BCUT2D eigenvalue weighted by Crippen LogP contribution is 2.41. The summed E-state index contributed by atoms with van der Waals surface area (Å²) in [7, 11) is -8.03. The van der Waals surface area contributed by atoms with Crippen molar-refractivity contribution in [2.24, 2.45) is 0 Å². The third kappa shape index (κ3) is 4.73. The van der Waals surface area contributed by atoms with Crippen molar-refractivity contribution in [1.29, 1.82) is 0 Å². The molecule has 19 heteroatoms. The average Bonchev–Trinajstić information content (AvgIpc) is 3.63. The number of rotatable bonds is 5. The molecule has 0 unspecified atom stereocenters. The van der Waals surface area contributed by atoms with Crippen LogP contribution in [0, 0.1) is 13.8 Å². The first-order chi connectivity index (χ1) is 17.3. The monoisotopic (exact) mass is 626 g/mol. The van der Waals surface area contributed by atoms with E-state index in [9.17, 15) is 26.4 Å². The first-order valence-corrected chi connectivity index (χ1v) is 15.0. The minimum absolute atomic E-state index is 0.0158. The van der Waals surface area contributed by atoms with E-state index in [0.29, 0.717) is 15.7 Å². The van der Waals surface area contributed by atoms with E-state index >= 15 is 0 Å². The van der Waals surface area contributed by atoms with Crippen LogP contribution in [0.15, 0.2) is 41.7 Å². The Labute approximate surface area is 226 Å². The van der Waals surface area contributed by atoms with E-state index in [0.717, 1.165) is 22.7 Å². The van der Waals surface area contributed by atoms with Crippen LogP contribution in [0.5, 0.6) is 0 Å². The van der Waals surface area contributed by atoms with E-state index in [4.69, 9.17) is 37.4 Å². The number of aromatic nitrogens is 2. The average molecular weight is 627 g/mol. The number of hydrogen-bond donors (Lipinski definition) is 2. The predicted octanol–water partition coefficient (Wildman–Crippen LogP) is 4.24. The summed E-state index contributed by atoms with van der Waals surface area (Å²) in [6.07, 6.45) is 0. The normalized spacial score (nSPS) is 14.3. The van der Waals surface area contributed by atoms with Gasteiger partial charge in [-0.3, -0.25) is 4.79 Å². The number of nitrogens with zero attached hydrogens (tertiary/aromatic N) is 3. The fourth-order valence-electron chi connectivity index (χ4n) is 2.89. The maximum Gasteiger partial charge on any atom is 0.347 e. The summed E-state index contributed by atoms with van der Waals surface area (Å²) in [5, 5.41) is 18.9. The lowest BCUT2D eigenvalue weighted by Gasteiger charge is -2.10. The topological polar surface area (TPSA) is 190 Å². The quantitative estimate of drug-likeness (QED) is 0.322. The Bertz CT molecular complexity index is 1750. The van der Waals surface area contributed by atoms with Crippen LogP contribution in [0.2, 0.25) is 10.0 Å². The molecule has 0 atom stereocenters. The number of carbonyl (C=O) groups excluding carboxylic acids is 1. The lowest BCUT2D eigenvalue weighted by atomic mass is 10.4. The van der Waals surface area contributed by atoms with Crippen LogP contribution in [-0.2, 0) is 20.0 Å². The van der Waals surface area contributed by atoms with Gasteiger partial charge in [-0.15, -0.1) is 22.7 Å². The molecule has 5 rings (SSSR count). The molecule has 0 saturated carbocycles. The summed E-state index contributed by atoms with van der Waals surface area (Å²) in [6, 6.07) is 2.57. The Balaban J connectivity index is 0.000000173. The minimum Gasteiger partial charge on any atom is -0.477 e. The van der Waals surface area contributed by atoms with E-state index < -0.39 is 31.9 Å². The zero-order valence-electron chi connectivity index (χ0n) is 18.3. The number of thiophene rings is 2. The van der Waals surface area contributed by atoms with E-state index in [1.807, 2.05) is 0 Å². The number of carboxylic acids is 1. The van der Waals surface area contributed by atoms with Crippen molar-refractivity contribution in [2.75, 3.05) is 9.03 Å². The maximum atomic E-state index is 12.2. The second-order valence-electron chi connectivity index (χ2n) is 7.01. The minimum atomic E-state index is -4.09. The number of amides is 1. The van der Waals surface area contributed by atoms with Crippen LogP contribution in [0.25, 0.3) is 0 Å². The van der Waals surface area contributed by atoms with Crippen LogP contribution in [0.3, 0.4) is 0 Å². The van der Waals surface area contributed by atoms with Crippen molar-refractivity contribution >= 4 is 89.6 Å². The lowest BCUT2D eigenvalue weighted by Crippen LogP contribution is -2.29. The molecule has 0 aromatic carbocycles. The van der Waals surface area contributed by atoms with Crippen LogP contribution >= 0.6 is 45.9 Å². The molecule has 1 aliphatic heterocycles. The molecule has 196 valence electrons. The fourth-order valence-corrected chi connectivity index (χ4v) is 8.26. The molecule has 13 nitrogen and oxygen atoms in total. The summed E-state index contributed by atoms with van der Waals surface area (Å²) < 4.78 is 60.6. The van der Waals surface area contributed by atoms with Gasteiger partial charge in [-0.1, -0.05) is 33.5 Å². The molecule has 4 aromatic heterocycles. The van der Waals surface area contributed by atoms with Gasteiger partial charge in [0.05, 0.1) is 0 Å². The Morgan fingerprint density at radius 3 is 2.24 bits per heavy atom. The van der Waals surface area contributed by atoms with Crippen molar-refractivity contribution in [1.82, 2.24) is 10.3 Å². The second kappa shape index (κ2) is 9.73. The van der Waals surface area contributed by atoms with Crippen molar-refractivity contribution in [3.8, 4) is 0 Å². The lowest BCUT2D eigenvalue weighted by molar-refractivity contribution is 0.0698. The molecule has 0 bridgehead atoms. The summed E-state index contributed by atoms with van der Waals surface area (Å²) >= 11 is 13.5. The highest BCUT2D eigenvalue weighted by molar-refractivity contribution is 7.94. The molecule has 1 amide bonds. The molecule has 2 N–H and O–H groups in total. The van der Waals surface area contributed by atoms with Gasteiger partial charge in [0.1, 0.15) is 41.0 Å². The molecule has 1 aliphatic rings. The van der Waals surface area contributed by atoms with Gasteiger partial charge in [0, 0.05) is 0 Å². The number of anilines is 2. The van der Waals surface area contributed by atoms with E-state index in [1.165, 1.54) is 24.4 Å². The number of carbonyl (C=O) groups is 2. The Morgan fingerprint density at radius 1 is 1.08 bits per heavy atom. The van der Waals surface area contributed by atoms with Gasteiger partial charge in [0.25, 0.3) is 37.7 Å². The van der Waals surface area contributed by atoms with Gasteiger partial charge in [0.15, 0.2) is 0 Å². The molecule has 0 saturated heterocycles. The Hall–Kier alpha value is -2.96. The molecular formula is C18H12Cl2N4O9S4. The Morgan fingerprint density at radius 2 is 1.70 bits per heavy atom. The highest BCUT2D eigenvalue weighted by Gasteiger charge is 2.46. The molecule has 4 aromatic rings. The van der Waals surface area contributed by atoms with E-state index in [2.05, 4.69) is 15.0 Å². The number of carboxylic acid groups (broad SMARTS) is 1. The SMILES string of the molecule is Cc1noc(N2C(=O)c3sccc3S2(=O)=O)c1Cl.Cc1noc(NS(=O)(=O)c2ccsc2C(=O)O)c1Cl. The van der Waals surface area contributed by atoms with E-state index in [-0.39, 0.29) is 41.4 Å². The van der Waals surface area contributed by atoms with Crippen molar-refractivity contribution < 1.29 is 40.6 Å². The predicted molar refractivity (Wildman–Crippen MR) is 133 cm³/mol. The molecule has 0 aliphatic carbocycles. The highest BCUT2D eigenvalue weighted by atomic mass is 35.5. The van der Waals surface area contributed by atoms with Gasteiger partial charge >= 0.3 is 5.97 Å². The van der Waals surface area contributed by atoms with Crippen LogP contribution < -0.4 is 9.03 Å². The largest absolute Gasteiger partial charge is 0.477 e. The van der Waals surface area contributed by atoms with Crippen LogP contribution in [0.4, 0.5) is 11.8 Å². The molecule has 0 radical (unpaired) electrons. The third-order valence-electron chi connectivity index (χ3n) is 4.62. The summed E-state index contributed by atoms with van der Waals surface area (Å²) in [6.45, 7) is 3.09. The smallest absolute Gasteiger partial charge is 0.347 e. The molecule has 37 heavy (non-hydrogen) atoms. The number of aromatic carboxylic acids is 1. The Kier molecular flexibility index (Phi) is 7.12. The number of fused-ring (bicyclic) bond motifs is 1. The second-order valence-corrected chi connectivity index (χ2v) is 13.0. The zero-order chi connectivity index (χ0) is 27.3. The number of halogens is 2. The maximum absolute atomic E-state index is 12.2. The van der Waals surface area contributed by atoms with Gasteiger partial charge in [0.2, 0.25) is 0 Å².